The molecule has 0 aromatic carbocycles. The van der Waals surface area contributed by atoms with Crippen molar-refractivity contribution in [3.8, 4) is 0 Å². The third-order valence-corrected chi connectivity index (χ3v) is 13.2. The van der Waals surface area contributed by atoms with E-state index in [0.29, 0.717) is 19.4 Å². The number of carbonyl (C=O) groups excluding carboxylic acids is 2. The lowest BCUT2D eigenvalue weighted by Gasteiger charge is -2.20. The Morgan fingerprint density at radius 2 is 0.769 bits per heavy atom. The van der Waals surface area contributed by atoms with Gasteiger partial charge in [-0.15, -0.1) is 0 Å². The van der Waals surface area contributed by atoms with E-state index in [0.717, 1.165) is 70.6 Å². The van der Waals surface area contributed by atoms with Crippen molar-refractivity contribution in [1.82, 2.24) is 5.32 Å². The fraction of sp³-hybridized carbons (Fsp3) is 0.864. The number of nitrogens with one attached hydrogen (secondary N) is 1. The molecule has 6 nitrogen and oxygen atoms in total. The molecule has 0 saturated heterocycles. The van der Waals surface area contributed by atoms with Crippen LogP contribution in [-0.2, 0) is 14.3 Å². The lowest BCUT2D eigenvalue weighted by Crippen LogP contribution is -2.45. The minimum Gasteiger partial charge on any atom is -0.466 e. The van der Waals surface area contributed by atoms with Gasteiger partial charge in [-0.05, 0) is 64.2 Å². The Hall–Kier alpha value is -1.92. The van der Waals surface area contributed by atoms with Crippen LogP contribution in [0, 0.1) is 0 Å². The zero-order valence-electron chi connectivity index (χ0n) is 43.5. The summed E-state index contributed by atoms with van der Waals surface area (Å²) in [6.07, 6.45) is 67.3. The van der Waals surface area contributed by atoms with E-state index in [1.165, 1.54) is 205 Å². The lowest BCUT2D eigenvalue weighted by molar-refractivity contribution is -0.143. The molecule has 0 rings (SSSR count). The minimum atomic E-state index is -0.864. The van der Waals surface area contributed by atoms with Gasteiger partial charge in [0.25, 0.3) is 0 Å². The van der Waals surface area contributed by atoms with Crippen LogP contribution in [0.4, 0.5) is 0 Å². The molecule has 0 aliphatic rings. The van der Waals surface area contributed by atoms with Crippen molar-refractivity contribution < 1.29 is 24.5 Å². The summed E-state index contributed by atoms with van der Waals surface area (Å²) in [6, 6.07) is -0.651. The number of esters is 1. The molecule has 0 aliphatic carbocycles. The number of ether oxygens (including phenoxy) is 1. The topological polar surface area (TPSA) is 95.9 Å². The molecule has 65 heavy (non-hydrogen) atoms. The second-order valence-electron chi connectivity index (χ2n) is 19.6. The van der Waals surface area contributed by atoms with Gasteiger partial charge in [-0.3, -0.25) is 9.59 Å². The van der Waals surface area contributed by atoms with Crippen LogP contribution in [0.15, 0.2) is 36.5 Å². The molecule has 2 unspecified atom stereocenters. The van der Waals surface area contributed by atoms with Gasteiger partial charge in [0.05, 0.1) is 25.4 Å². The maximum Gasteiger partial charge on any atom is 0.305 e. The van der Waals surface area contributed by atoms with Crippen LogP contribution in [0.3, 0.4) is 0 Å². The highest BCUT2D eigenvalue weighted by Gasteiger charge is 2.18. The summed E-state index contributed by atoms with van der Waals surface area (Å²) in [4.78, 5) is 24.5. The Morgan fingerprint density at radius 1 is 0.431 bits per heavy atom. The predicted molar refractivity (Wildman–Crippen MR) is 283 cm³/mol. The molecule has 0 aromatic heterocycles. The van der Waals surface area contributed by atoms with Crippen molar-refractivity contribution in [1.29, 1.82) is 0 Å². The number of aliphatic hydroxyl groups excluding tert-OH is 2. The average Bonchev–Trinajstić information content (AvgIpc) is 3.31. The summed E-state index contributed by atoms with van der Waals surface area (Å²) in [7, 11) is 0. The molecule has 0 fully saturated rings. The van der Waals surface area contributed by atoms with Crippen molar-refractivity contribution >= 4 is 11.9 Å². The molecule has 2 atom stereocenters. The van der Waals surface area contributed by atoms with E-state index in [4.69, 9.17) is 4.74 Å². The molecular weight excluding hydrogens is 803 g/mol. The van der Waals surface area contributed by atoms with Gasteiger partial charge in [-0.2, -0.15) is 0 Å². The number of allylic oxidation sites excluding steroid dienone is 5. The molecule has 0 spiro atoms. The van der Waals surface area contributed by atoms with Crippen molar-refractivity contribution in [3.63, 3.8) is 0 Å². The molecule has 0 heterocycles. The lowest BCUT2D eigenvalue weighted by atomic mass is 10.0. The summed E-state index contributed by atoms with van der Waals surface area (Å²) >= 11 is 0. The number of hydrogen-bond donors (Lipinski definition) is 3. The maximum atomic E-state index is 12.5. The minimum absolute atomic E-state index is 0.0408. The number of amides is 1. The number of carbonyl (C=O) groups is 2. The highest BCUT2D eigenvalue weighted by molar-refractivity contribution is 5.76. The van der Waals surface area contributed by atoms with E-state index in [2.05, 4.69) is 43.5 Å². The quantitative estimate of drug-likeness (QED) is 0.0321. The van der Waals surface area contributed by atoms with Gasteiger partial charge in [0.1, 0.15) is 0 Å². The highest BCUT2D eigenvalue weighted by atomic mass is 16.5. The summed E-state index contributed by atoms with van der Waals surface area (Å²) in [5, 5.41) is 23.2. The van der Waals surface area contributed by atoms with Crippen LogP contribution >= 0.6 is 0 Å². The first-order chi connectivity index (χ1) is 32.0. The fourth-order valence-electron chi connectivity index (χ4n) is 8.72. The van der Waals surface area contributed by atoms with Gasteiger partial charge in [-0.1, -0.05) is 262 Å². The molecule has 382 valence electrons. The van der Waals surface area contributed by atoms with Crippen molar-refractivity contribution in [2.45, 2.75) is 315 Å². The predicted octanol–water partition coefficient (Wildman–Crippen LogP) is 17.6. The van der Waals surface area contributed by atoms with Gasteiger partial charge < -0.3 is 20.3 Å². The third-order valence-electron chi connectivity index (χ3n) is 13.2. The van der Waals surface area contributed by atoms with Crippen LogP contribution < -0.4 is 5.32 Å². The van der Waals surface area contributed by atoms with Crippen LogP contribution in [0.2, 0.25) is 0 Å². The van der Waals surface area contributed by atoms with Crippen molar-refractivity contribution in [3.05, 3.63) is 36.5 Å². The first-order valence-electron chi connectivity index (χ1n) is 28.8. The van der Waals surface area contributed by atoms with Crippen LogP contribution in [0.1, 0.15) is 303 Å². The standard InChI is InChI=1S/C59H111NO5/c1-3-5-7-9-11-13-15-17-19-20-21-22-23-24-25-26-27-29-30-32-35-39-43-47-51-57(62)56(55-61)60-58(63)52-48-44-40-36-34-38-42-46-50-54-65-59(64)53-49-45-41-37-33-31-28-18-16-14-12-10-8-6-4-2/h12,14,18,28,47,51,56-57,61-62H,3-11,13,15-17,19-27,29-46,48-50,52-55H2,1-2H3,(H,60,63)/b14-12-,28-18-,51-47+. The molecule has 0 saturated carbocycles. The maximum absolute atomic E-state index is 12.5. The molecule has 0 radical (unpaired) electrons. The van der Waals surface area contributed by atoms with Gasteiger partial charge in [-0.25, -0.2) is 0 Å². The first kappa shape index (κ1) is 63.1. The molecular formula is C59H111NO5. The Balaban J connectivity index is 3.52. The van der Waals surface area contributed by atoms with Crippen LogP contribution in [-0.4, -0.2) is 47.4 Å². The van der Waals surface area contributed by atoms with Gasteiger partial charge in [0.2, 0.25) is 5.91 Å². The molecule has 0 aromatic rings. The number of rotatable bonds is 53. The Bertz CT molecular complexity index is 1060. The monoisotopic (exact) mass is 914 g/mol. The number of aliphatic hydroxyl groups is 2. The van der Waals surface area contributed by atoms with Crippen molar-refractivity contribution in [2.75, 3.05) is 13.2 Å². The Kier molecular flexibility index (Phi) is 53.1. The van der Waals surface area contributed by atoms with Crippen LogP contribution in [0.25, 0.3) is 0 Å². The van der Waals surface area contributed by atoms with Gasteiger partial charge >= 0.3 is 5.97 Å². The summed E-state index contributed by atoms with van der Waals surface area (Å²) in [5.74, 6) is -0.135. The SMILES string of the molecule is CCCCC/C=C\C/C=C\CCCCCCCC(=O)OCCCCCCCCCCCC(=O)NC(CO)C(O)/C=C/CCCCCCCCCCCCCCCCCCCCCCCC. The molecule has 0 bridgehead atoms. The number of hydrogen-bond acceptors (Lipinski definition) is 5. The Labute approximate surface area is 404 Å². The summed E-state index contributed by atoms with van der Waals surface area (Å²) in [5.41, 5.74) is 0. The van der Waals surface area contributed by atoms with E-state index in [9.17, 15) is 19.8 Å². The van der Waals surface area contributed by atoms with E-state index >= 15 is 0 Å². The van der Waals surface area contributed by atoms with E-state index in [1.807, 2.05) is 6.08 Å². The van der Waals surface area contributed by atoms with E-state index < -0.39 is 12.1 Å². The smallest absolute Gasteiger partial charge is 0.305 e. The van der Waals surface area contributed by atoms with E-state index in [1.54, 1.807) is 6.08 Å². The number of unbranched alkanes of at least 4 members (excludes halogenated alkanes) is 38. The molecule has 0 aliphatic heterocycles. The highest BCUT2D eigenvalue weighted by Crippen LogP contribution is 2.17. The first-order valence-corrected chi connectivity index (χ1v) is 28.8. The molecule has 1 amide bonds. The third kappa shape index (κ3) is 51.3. The zero-order valence-corrected chi connectivity index (χ0v) is 43.5. The van der Waals surface area contributed by atoms with E-state index in [-0.39, 0.29) is 18.5 Å². The van der Waals surface area contributed by atoms with Crippen LogP contribution in [0.5, 0.6) is 0 Å². The molecule has 6 heteroatoms. The van der Waals surface area contributed by atoms with Gasteiger partial charge in [0.15, 0.2) is 0 Å². The van der Waals surface area contributed by atoms with Crippen molar-refractivity contribution in [2.24, 2.45) is 0 Å². The van der Waals surface area contributed by atoms with Gasteiger partial charge in [0, 0.05) is 12.8 Å². The fourth-order valence-corrected chi connectivity index (χ4v) is 8.72. The second kappa shape index (κ2) is 54.7. The Morgan fingerprint density at radius 3 is 1.20 bits per heavy atom. The second-order valence-corrected chi connectivity index (χ2v) is 19.6. The molecule has 3 N–H and O–H groups in total. The normalized spacial score (nSPS) is 12.9. The zero-order chi connectivity index (χ0) is 47.2. The average molecular weight is 915 g/mol. The summed E-state index contributed by atoms with van der Waals surface area (Å²) in [6.45, 7) is 4.82. The largest absolute Gasteiger partial charge is 0.466 e. The summed E-state index contributed by atoms with van der Waals surface area (Å²) < 4.78 is 5.45.